The van der Waals surface area contributed by atoms with E-state index < -0.39 is 0 Å². The third-order valence-corrected chi connectivity index (χ3v) is 18.6. The van der Waals surface area contributed by atoms with Crippen LogP contribution in [0.4, 0.5) is 0 Å². The Morgan fingerprint density at radius 1 is 0.136 bits per heavy atom. The second kappa shape index (κ2) is 21.8. The largest absolute Gasteiger partial charge is 0.0614 e. The van der Waals surface area contributed by atoms with Gasteiger partial charge in [0.05, 0.1) is 0 Å². The highest BCUT2D eigenvalue weighted by molar-refractivity contribution is 6.33. The van der Waals surface area contributed by atoms with Gasteiger partial charge in [-0.15, -0.1) is 0 Å². The van der Waals surface area contributed by atoms with Crippen molar-refractivity contribution in [3.63, 3.8) is 0 Å². The molecule has 16 aromatic carbocycles. The first-order valence-corrected chi connectivity index (χ1v) is 31.0. The van der Waals surface area contributed by atoms with E-state index in [1.54, 1.807) is 0 Å². The van der Waals surface area contributed by atoms with Crippen LogP contribution in [0.5, 0.6) is 0 Å². The van der Waals surface area contributed by atoms with Gasteiger partial charge in [0.1, 0.15) is 0 Å². The van der Waals surface area contributed by atoms with Gasteiger partial charge in [-0.1, -0.05) is 287 Å². The first kappa shape index (κ1) is 54.3. The molecule has 0 aliphatic rings. The van der Waals surface area contributed by atoms with Gasteiger partial charge >= 0.3 is 0 Å². The van der Waals surface area contributed by atoms with E-state index in [4.69, 9.17) is 0 Å². The molecule has 16 rings (SSSR count). The molecule has 16 aromatic rings. The summed E-state index contributed by atoms with van der Waals surface area (Å²) >= 11 is 0. The minimum absolute atomic E-state index is 1.25. The zero-order valence-electron chi connectivity index (χ0n) is 51.4. The first-order valence-electron chi connectivity index (χ1n) is 31.0. The predicted octanol–water partition coefficient (Wildman–Crippen LogP) is 25.0. The minimum atomic E-state index is 1.25. The monoisotopic (exact) mass is 1120 g/mol. The summed E-state index contributed by atoms with van der Waals surface area (Å²) in [6.45, 7) is 17.4. The van der Waals surface area contributed by atoms with Crippen molar-refractivity contribution in [2.24, 2.45) is 0 Å². The fraction of sp³-hybridized carbons (Fsp3) is 0.0909. The van der Waals surface area contributed by atoms with Crippen molar-refractivity contribution < 1.29 is 0 Å². The Hall–Kier alpha value is -10.4. The summed E-state index contributed by atoms with van der Waals surface area (Å²) in [6, 6.07) is 100. The second-order valence-corrected chi connectivity index (χ2v) is 25.0. The molecule has 0 heterocycles. The lowest BCUT2D eigenvalue weighted by atomic mass is 9.81. The molecule has 0 aromatic heterocycles. The molecule has 0 amide bonds. The fourth-order valence-electron chi connectivity index (χ4n) is 14.1. The van der Waals surface area contributed by atoms with Crippen LogP contribution >= 0.6 is 0 Å². The second-order valence-electron chi connectivity index (χ2n) is 25.0. The molecule has 0 spiro atoms. The summed E-state index contributed by atoms with van der Waals surface area (Å²) in [5, 5.41) is 15.8. The molecule has 0 bridgehead atoms. The van der Waals surface area contributed by atoms with Crippen molar-refractivity contribution in [1.82, 2.24) is 0 Å². The lowest BCUT2D eigenvalue weighted by Crippen LogP contribution is -1.95. The summed E-state index contributed by atoms with van der Waals surface area (Å²) in [7, 11) is 0. The van der Waals surface area contributed by atoms with Crippen molar-refractivity contribution in [2.45, 2.75) is 55.4 Å². The lowest BCUT2D eigenvalue weighted by molar-refractivity contribution is 1.46. The van der Waals surface area contributed by atoms with Crippen LogP contribution in [0.3, 0.4) is 0 Å². The highest BCUT2D eigenvalue weighted by atomic mass is 14.3. The summed E-state index contributed by atoms with van der Waals surface area (Å²) in [5.74, 6) is 0. The van der Waals surface area contributed by atoms with E-state index in [2.05, 4.69) is 322 Å². The minimum Gasteiger partial charge on any atom is -0.0614 e. The Bertz CT molecular complexity index is 4690. The average molecular weight is 1130 g/mol. The standard InChI is InChI=1S/2C44H34/c1-27-5-13-31(14-6-27)39-25-40(32-15-7-28(2)8-16-32)36-23-24-38-42(34-19-11-30(4)12-20-34)26-41(33-17-9-29(3)10-18-33)37-22-21-35(39)43(36)44(37)38;1-27-9-5-13-31(21-27)39-25-40(32-14-6-10-28(2)22-32)36-19-20-38-42(34-16-8-12-30(4)24-34)26-41(33-15-7-11-29(3)23-33)37-18-17-35(39)43(36)44(37)38/h2*5-26H,1-4H3. The number of benzene rings is 16. The Morgan fingerprint density at radius 2 is 0.307 bits per heavy atom. The predicted molar refractivity (Wildman–Crippen MR) is 382 cm³/mol. The lowest BCUT2D eigenvalue weighted by Gasteiger charge is -2.22. The van der Waals surface area contributed by atoms with Crippen LogP contribution in [0, 0.1) is 55.4 Å². The van der Waals surface area contributed by atoms with Crippen molar-refractivity contribution in [3.8, 4) is 89.0 Å². The van der Waals surface area contributed by atoms with E-state index in [1.807, 2.05) is 0 Å². The van der Waals surface area contributed by atoms with Crippen molar-refractivity contribution in [3.05, 3.63) is 311 Å². The first-order chi connectivity index (χ1) is 42.9. The number of hydrogen-bond acceptors (Lipinski definition) is 0. The van der Waals surface area contributed by atoms with E-state index in [9.17, 15) is 0 Å². The van der Waals surface area contributed by atoms with Gasteiger partial charge in [-0.25, -0.2) is 0 Å². The van der Waals surface area contributed by atoms with Crippen molar-refractivity contribution >= 4 is 64.6 Å². The van der Waals surface area contributed by atoms with Gasteiger partial charge in [-0.3, -0.25) is 0 Å². The van der Waals surface area contributed by atoms with E-state index in [-0.39, 0.29) is 0 Å². The normalized spacial score (nSPS) is 11.6. The molecular formula is C88H68. The number of hydrogen-bond donors (Lipinski definition) is 0. The molecule has 0 radical (unpaired) electrons. The smallest absolute Gasteiger partial charge is 0.00139 e. The molecule has 0 nitrogen and oxygen atoms in total. The summed E-state index contributed by atoms with van der Waals surface area (Å²) in [4.78, 5) is 0. The summed E-state index contributed by atoms with van der Waals surface area (Å²) < 4.78 is 0. The maximum atomic E-state index is 2.42. The van der Waals surface area contributed by atoms with E-state index in [0.717, 1.165) is 0 Å². The van der Waals surface area contributed by atoms with Crippen LogP contribution in [0.1, 0.15) is 44.5 Å². The van der Waals surface area contributed by atoms with Gasteiger partial charge in [-0.05, 0) is 233 Å². The molecule has 88 heavy (non-hydrogen) atoms. The summed E-state index contributed by atoms with van der Waals surface area (Å²) in [6.07, 6.45) is 0. The van der Waals surface area contributed by atoms with E-state index in [0.29, 0.717) is 0 Å². The van der Waals surface area contributed by atoms with Gasteiger partial charge in [0.2, 0.25) is 0 Å². The molecule has 0 aliphatic heterocycles. The van der Waals surface area contributed by atoms with Gasteiger partial charge in [0.25, 0.3) is 0 Å². The third kappa shape index (κ3) is 9.58. The zero-order valence-corrected chi connectivity index (χ0v) is 51.4. The van der Waals surface area contributed by atoms with Crippen LogP contribution in [0.15, 0.2) is 267 Å². The fourth-order valence-corrected chi connectivity index (χ4v) is 14.1. The van der Waals surface area contributed by atoms with Gasteiger partial charge < -0.3 is 0 Å². The van der Waals surface area contributed by atoms with Gasteiger partial charge in [0, 0.05) is 0 Å². The SMILES string of the molecule is Cc1ccc(-c2cc(-c3ccc(C)cc3)c3ccc4c(-c5ccc(C)cc5)cc(-c5ccc(C)cc5)c5ccc2c3c54)cc1.Cc1cccc(-c2cc(-c3cccc(C)c3)c3ccc4c(-c5cccc(C)c5)cc(-c5cccc(C)c5)c5ccc2c3c54)c1. The van der Waals surface area contributed by atoms with E-state index >= 15 is 0 Å². The molecule has 420 valence electrons. The Morgan fingerprint density at radius 3 is 0.477 bits per heavy atom. The van der Waals surface area contributed by atoms with Crippen LogP contribution in [0.2, 0.25) is 0 Å². The zero-order chi connectivity index (χ0) is 59.9. The van der Waals surface area contributed by atoms with Crippen LogP contribution in [0.25, 0.3) is 154 Å². The van der Waals surface area contributed by atoms with Crippen molar-refractivity contribution in [1.29, 1.82) is 0 Å². The maximum Gasteiger partial charge on any atom is -0.00139 e. The third-order valence-electron chi connectivity index (χ3n) is 18.6. The number of aryl methyl sites for hydroxylation is 8. The van der Waals surface area contributed by atoms with Crippen LogP contribution in [-0.2, 0) is 0 Å². The van der Waals surface area contributed by atoms with E-state index in [1.165, 1.54) is 198 Å². The van der Waals surface area contributed by atoms with Gasteiger partial charge in [-0.2, -0.15) is 0 Å². The van der Waals surface area contributed by atoms with Crippen LogP contribution < -0.4 is 0 Å². The number of rotatable bonds is 8. The highest BCUT2D eigenvalue weighted by Crippen LogP contribution is 2.51. The van der Waals surface area contributed by atoms with Crippen molar-refractivity contribution in [2.75, 3.05) is 0 Å². The highest BCUT2D eigenvalue weighted by Gasteiger charge is 2.24. The molecule has 0 saturated carbocycles. The molecular weight excluding hydrogens is 1060 g/mol. The topological polar surface area (TPSA) is 0 Å². The molecule has 0 aliphatic carbocycles. The molecule has 0 saturated heterocycles. The molecule has 0 heteroatoms. The Balaban J connectivity index is 0.000000148. The summed E-state index contributed by atoms with van der Waals surface area (Å²) in [5.41, 5.74) is 30.5. The molecule has 0 atom stereocenters. The quantitative estimate of drug-likeness (QED) is 0.133. The maximum absolute atomic E-state index is 2.42. The van der Waals surface area contributed by atoms with Gasteiger partial charge in [0.15, 0.2) is 0 Å². The molecule has 0 N–H and O–H groups in total. The Kier molecular flexibility index (Phi) is 13.5. The van der Waals surface area contributed by atoms with Crippen LogP contribution in [-0.4, -0.2) is 0 Å². The molecule has 0 unspecified atom stereocenters. The average Bonchev–Trinajstić information content (AvgIpc) is 0.740. The molecule has 0 fully saturated rings. The Labute approximate surface area is 517 Å².